The van der Waals surface area contributed by atoms with E-state index in [1.165, 1.54) is 11.8 Å². The van der Waals surface area contributed by atoms with E-state index >= 15 is 0 Å². The van der Waals surface area contributed by atoms with Crippen LogP contribution in [-0.4, -0.2) is 34.6 Å². The van der Waals surface area contributed by atoms with Gasteiger partial charge in [-0.15, -0.1) is 11.6 Å². The van der Waals surface area contributed by atoms with E-state index < -0.39 is 11.9 Å². The summed E-state index contributed by atoms with van der Waals surface area (Å²) in [6, 6.07) is 10.5. The maximum atomic E-state index is 12.1. The van der Waals surface area contributed by atoms with Gasteiger partial charge in [0.15, 0.2) is 11.4 Å². The Morgan fingerprint density at radius 3 is 2.64 bits per heavy atom. The first kappa shape index (κ1) is 15.5. The molecule has 0 saturated heterocycles. The van der Waals surface area contributed by atoms with Crippen molar-refractivity contribution >= 4 is 29.2 Å². The van der Waals surface area contributed by atoms with Gasteiger partial charge in [0.1, 0.15) is 17.6 Å². The molecule has 0 aliphatic carbocycles. The number of nitriles is 1. The van der Waals surface area contributed by atoms with E-state index in [2.05, 4.69) is 10.4 Å². The SMILES string of the molecule is COC(=O)c1c(NC(=O)CCl)c(C#N)nn1-c1ccccc1. The number of benzene rings is 1. The van der Waals surface area contributed by atoms with E-state index in [1.807, 2.05) is 6.07 Å². The maximum Gasteiger partial charge on any atom is 0.359 e. The summed E-state index contributed by atoms with van der Waals surface area (Å²) in [6.07, 6.45) is 0. The molecular formula is C14H11ClN4O3. The zero-order valence-electron chi connectivity index (χ0n) is 11.5. The zero-order chi connectivity index (χ0) is 16.1. The molecule has 0 spiro atoms. The van der Waals surface area contributed by atoms with Crippen molar-refractivity contribution in [1.29, 1.82) is 5.26 Å². The molecular weight excluding hydrogens is 308 g/mol. The molecule has 0 aliphatic heterocycles. The van der Waals surface area contributed by atoms with Crippen LogP contribution in [0.3, 0.4) is 0 Å². The minimum Gasteiger partial charge on any atom is -0.464 e. The molecule has 0 bridgehead atoms. The lowest BCUT2D eigenvalue weighted by atomic mass is 10.2. The lowest BCUT2D eigenvalue weighted by Crippen LogP contribution is -2.17. The Labute approximate surface area is 131 Å². The molecule has 7 nitrogen and oxygen atoms in total. The summed E-state index contributed by atoms with van der Waals surface area (Å²) in [4.78, 5) is 23.6. The fraction of sp³-hybridized carbons (Fsp3) is 0.143. The van der Waals surface area contributed by atoms with Crippen molar-refractivity contribution in [2.24, 2.45) is 0 Å². The van der Waals surface area contributed by atoms with Crippen LogP contribution in [0.5, 0.6) is 0 Å². The first-order valence-electron chi connectivity index (χ1n) is 6.15. The van der Waals surface area contributed by atoms with Crippen molar-refractivity contribution in [3.8, 4) is 11.8 Å². The summed E-state index contributed by atoms with van der Waals surface area (Å²) in [5.41, 5.74) is 0.362. The van der Waals surface area contributed by atoms with Gasteiger partial charge in [0.25, 0.3) is 0 Å². The summed E-state index contributed by atoms with van der Waals surface area (Å²) in [7, 11) is 1.20. The van der Waals surface area contributed by atoms with E-state index in [4.69, 9.17) is 16.3 Å². The van der Waals surface area contributed by atoms with Gasteiger partial charge in [-0.2, -0.15) is 10.4 Å². The fourth-order valence-electron chi connectivity index (χ4n) is 1.83. The number of ether oxygens (including phenoxy) is 1. The third-order valence-electron chi connectivity index (χ3n) is 2.76. The second-order valence-corrected chi connectivity index (χ2v) is 4.37. The summed E-state index contributed by atoms with van der Waals surface area (Å²) in [5, 5.41) is 15.6. The second-order valence-electron chi connectivity index (χ2n) is 4.10. The van der Waals surface area contributed by atoms with Gasteiger partial charge in [-0.05, 0) is 12.1 Å². The summed E-state index contributed by atoms with van der Waals surface area (Å²) >= 11 is 5.45. The van der Waals surface area contributed by atoms with Crippen LogP contribution in [-0.2, 0) is 9.53 Å². The average molecular weight is 319 g/mol. The Morgan fingerprint density at radius 2 is 2.09 bits per heavy atom. The molecule has 22 heavy (non-hydrogen) atoms. The van der Waals surface area contributed by atoms with E-state index in [0.29, 0.717) is 5.69 Å². The molecule has 0 atom stereocenters. The molecule has 0 unspecified atom stereocenters. The number of carbonyl (C=O) groups excluding carboxylic acids is 2. The highest BCUT2D eigenvalue weighted by Gasteiger charge is 2.26. The highest BCUT2D eigenvalue weighted by Crippen LogP contribution is 2.24. The number of carbonyl (C=O) groups is 2. The van der Waals surface area contributed by atoms with Crippen LogP contribution in [0.1, 0.15) is 16.2 Å². The lowest BCUT2D eigenvalue weighted by molar-refractivity contribution is -0.113. The number of aromatic nitrogens is 2. The molecule has 1 aromatic carbocycles. The molecule has 0 radical (unpaired) electrons. The van der Waals surface area contributed by atoms with Gasteiger partial charge in [-0.1, -0.05) is 18.2 Å². The monoisotopic (exact) mass is 318 g/mol. The Balaban J connectivity index is 2.67. The van der Waals surface area contributed by atoms with Crippen LogP contribution >= 0.6 is 11.6 Å². The van der Waals surface area contributed by atoms with Gasteiger partial charge < -0.3 is 10.1 Å². The van der Waals surface area contributed by atoms with Crippen LogP contribution in [0.25, 0.3) is 5.69 Å². The second kappa shape index (κ2) is 6.74. The van der Waals surface area contributed by atoms with E-state index in [1.54, 1.807) is 30.3 Å². The minimum atomic E-state index is -0.734. The van der Waals surface area contributed by atoms with Gasteiger partial charge in [-0.3, -0.25) is 4.79 Å². The van der Waals surface area contributed by atoms with Crippen LogP contribution in [0.2, 0.25) is 0 Å². The Morgan fingerprint density at radius 1 is 1.41 bits per heavy atom. The number of nitrogens with one attached hydrogen (secondary N) is 1. The van der Waals surface area contributed by atoms with Crippen LogP contribution in [0, 0.1) is 11.3 Å². The Hall–Kier alpha value is -2.85. The highest BCUT2D eigenvalue weighted by molar-refractivity contribution is 6.29. The predicted octanol–water partition coefficient (Wildman–Crippen LogP) is 1.71. The number of halogens is 1. The zero-order valence-corrected chi connectivity index (χ0v) is 12.3. The number of esters is 1. The van der Waals surface area contributed by atoms with Crippen molar-refractivity contribution in [2.45, 2.75) is 0 Å². The highest BCUT2D eigenvalue weighted by atomic mass is 35.5. The fourth-order valence-corrected chi connectivity index (χ4v) is 1.90. The molecule has 2 aromatic rings. The maximum absolute atomic E-state index is 12.1. The van der Waals surface area contributed by atoms with Gasteiger partial charge in [0, 0.05) is 0 Å². The first-order valence-corrected chi connectivity index (χ1v) is 6.68. The van der Waals surface area contributed by atoms with E-state index in [0.717, 1.165) is 0 Å². The summed E-state index contributed by atoms with van der Waals surface area (Å²) in [5.74, 6) is -1.61. The molecule has 1 aromatic heterocycles. The number of alkyl halides is 1. The summed E-state index contributed by atoms with van der Waals surface area (Å²) < 4.78 is 5.96. The third-order valence-corrected chi connectivity index (χ3v) is 3.00. The van der Waals surface area contributed by atoms with Gasteiger partial charge in [0.05, 0.1) is 12.8 Å². The topological polar surface area (TPSA) is 97.0 Å². The molecule has 0 aliphatic rings. The smallest absolute Gasteiger partial charge is 0.359 e. The minimum absolute atomic E-state index is 0.0242. The van der Waals surface area contributed by atoms with E-state index in [-0.39, 0.29) is 23.0 Å². The molecule has 1 N–H and O–H groups in total. The third kappa shape index (κ3) is 2.92. The standard InChI is InChI=1S/C14H11ClN4O3/c1-22-14(21)13-12(17-11(20)7-15)10(8-16)18-19(13)9-5-3-2-4-6-9/h2-6H,7H2,1H3,(H,17,20). The van der Waals surface area contributed by atoms with Crippen molar-refractivity contribution in [3.05, 3.63) is 41.7 Å². The number of nitrogens with zero attached hydrogens (tertiary/aromatic N) is 3. The Kier molecular flexibility index (Phi) is 4.76. The molecule has 112 valence electrons. The van der Waals surface area contributed by atoms with E-state index in [9.17, 15) is 14.9 Å². The van der Waals surface area contributed by atoms with Gasteiger partial charge in [-0.25, -0.2) is 9.48 Å². The molecule has 0 saturated carbocycles. The largest absolute Gasteiger partial charge is 0.464 e. The van der Waals surface area contributed by atoms with Crippen LogP contribution in [0.15, 0.2) is 30.3 Å². The number of anilines is 1. The molecule has 8 heteroatoms. The number of para-hydroxylation sites is 1. The predicted molar refractivity (Wildman–Crippen MR) is 79.0 cm³/mol. The van der Waals surface area contributed by atoms with Crippen molar-refractivity contribution in [1.82, 2.24) is 9.78 Å². The van der Waals surface area contributed by atoms with Gasteiger partial charge in [0.2, 0.25) is 5.91 Å². The van der Waals surface area contributed by atoms with Crippen molar-refractivity contribution in [3.63, 3.8) is 0 Å². The van der Waals surface area contributed by atoms with Crippen molar-refractivity contribution in [2.75, 3.05) is 18.3 Å². The summed E-state index contributed by atoms with van der Waals surface area (Å²) in [6.45, 7) is 0. The lowest BCUT2D eigenvalue weighted by Gasteiger charge is -2.08. The number of methoxy groups -OCH3 is 1. The molecule has 1 amide bonds. The number of rotatable bonds is 4. The van der Waals surface area contributed by atoms with Gasteiger partial charge >= 0.3 is 5.97 Å². The van der Waals surface area contributed by atoms with Crippen LogP contribution in [0.4, 0.5) is 5.69 Å². The number of amides is 1. The quantitative estimate of drug-likeness (QED) is 0.683. The number of hydrogen-bond donors (Lipinski definition) is 1. The normalized spacial score (nSPS) is 9.86. The van der Waals surface area contributed by atoms with Crippen molar-refractivity contribution < 1.29 is 14.3 Å². The molecule has 1 heterocycles. The Bertz CT molecular complexity index is 749. The first-order chi connectivity index (χ1) is 10.6. The average Bonchev–Trinajstić information content (AvgIpc) is 2.93. The number of hydrogen-bond acceptors (Lipinski definition) is 5. The van der Waals surface area contributed by atoms with Crippen LogP contribution < -0.4 is 5.32 Å². The molecule has 2 rings (SSSR count). The molecule has 0 fully saturated rings.